The molecule has 0 amide bonds. The Kier molecular flexibility index (Phi) is 32.2. The fourth-order valence-corrected chi connectivity index (χ4v) is 0. The molecule has 9 heavy (non-hydrogen) atoms. The number of phosphoric acid groups is 1. The Labute approximate surface area is 94.8 Å². The molecule has 9 heteroatoms. The molecular weight excluding hydrogens is 315 g/mol. The van der Waals surface area contributed by atoms with E-state index >= 15 is 0 Å². The van der Waals surface area contributed by atoms with Crippen LogP contribution >= 0.6 is 7.82 Å². The molecule has 0 fully saturated rings. The van der Waals surface area contributed by atoms with Gasteiger partial charge in [0.05, 0.1) is 0 Å². The maximum Gasteiger partial charge on any atom is 0 e. The Bertz CT molecular complexity index is 61.1. The average Bonchev–Trinajstić information content (AvgIpc) is 1.36. The third-order valence-corrected chi connectivity index (χ3v) is 0. The van der Waals surface area contributed by atoms with Crippen molar-refractivity contribution in [1.29, 1.82) is 0 Å². The first-order valence-electron chi connectivity index (χ1n) is 1.01. The smallest absolute Gasteiger partial charge is 0 e. The van der Waals surface area contributed by atoms with Crippen LogP contribution in [0.25, 0.3) is 0 Å². The van der Waals surface area contributed by atoms with E-state index in [4.69, 9.17) is 22.9 Å². The van der Waals surface area contributed by atoms with Crippen LogP contribution in [0.1, 0.15) is 0 Å². The van der Waals surface area contributed by atoms with Gasteiger partial charge in [0.2, 0.25) is 0 Å². The van der Waals surface area contributed by atoms with Gasteiger partial charge in [0.15, 0.2) is 0 Å². The van der Waals surface area contributed by atoms with Gasteiger partial charge in [0, 0.05) is 44.1 Å². The largest absolute Gasteiger partial charge is 0 e. The van der Waals surface area contributed by atoms with Crippen LogP contribution in [0.2, 0.25) is 0 Å². The van der Waals surface area contributed by atoms with Crippen molar-refractivity contribution >= 4 is 7.82 Å². The molecule has 0 rings (SSSR count). The summed E-state index contributed by atoms with van der Waals surface area (Å²) in [5, 5.41) is 0. The minimum atomic E-state index is -4.64. The second-order valence-electron chi connectivity index (χ2n) is 0.513. The van der Waals surface area contributed by atoms with Gasteiger partial charge in [-0.15, -0.1) is 0 Å². The molecule has 0 unspecified atom stereocenters. The Morgan fingerprint density at radius 2 is 1.11 bits per heavy atom. The molecule has 0 aromatic heterocycles. The first-order valence-corrected chi connectivity index (χ1v) is 3.27. The maximum atomic E-state index is 8.88. The van der Waals surface area contributed by atoms with Gasteiger partial charge in [0.25, 0.3) is 0 Å². The first-order chi connectivity index (χ1) is 3.00. The topological polar surface area (TPSA) is 98.0 Å². The summed E-state index contributed by atoms with van der Waals surface area (Å²) >= 11 is 1.00. The Morgan fingerprint density at radius 1 is 1.11 bits per heavy atom. The van der Waals surface area contributed by atoms with Crippen molar-refractivity contribution < 1.29 is 87.9 Å². The van der Waals surface area contributed by atoms with E-state index in [2.05, 4.69) is 0 Å². The number of hydrogen-bond acceptors (Lipinski definition) is 2. The zero-order valence-electron chi connectivity index (χ0n) is 3.95. The summed E-state index contributed by atoms with van der Waals surface area (Å²) < 4.78 is 15.9. The van der Waals surface area contributed by atoms with E-state index in [1.54, 1.807) is 0 Å². The zero-order valence-corrected chi connectivity index (χ0v) is 9.45. The van der Waals surface area contributed by atoms with Crippen molar-refractivity contribution in [2.24, 2.45) is 0 Å². The van der Waals surface area contributed by atoms with Crippen molar-refractivity contribution in [2.75, 3.05) is 0 Å². The van der Waals surface area contributed by atoms with Gasteiger partial charge in [-0.1, -0.05) is 0 Å². The van der Waals surface area contributed by atoms with Gasteiger partial charge in [-0.2, -0.15) is 0 Å². The van der Waals surface area contributed by atoms with Crippen molar-refractivity contribution in [3.8, 4) is 0 Å². The fourth-order valence-electron chi connectivity index (χ4n) is 0. The standard InChI is InChI=1S/Ag.H3O4P.H2O.2Ti/c;1-5(2,3)4;;;/h;(H3,1,2,3,4);1H2;;/q;;;;+1/p-1. The third kappa shape index (κ3) is 139. The van der Waals surface area contributed by atoms with Gasteiger partial charge in [-0.3, -0.25) is 0 Å². The molecule has 0 aliphatic carbocycles. The number of hydrogen-bond donors (Lipinski definition) is 4. The molecule has 0 aromatic rings. The molecule has 4 N–H and O–H groups in total. The monoisotopic (exact) mass is 318 g/mol. The van der Waals surface area contributed by atoms with E-state index in [-0.39, 0.29) is 44.1 Å². The molecule has 0 saturated heterocycles. The van der Waals surface area contributed by atoms with Crippen LogP contribution in [-0.4, -0.2) is 18.4 Å². The average molecular weight is 319 g/mol. The second-order valence-corrected chi connectivity index (χ2v) is 1.54. The molecule has 1 radical (unpaired) electrons. The summed E-state index contributed by atoms with van der Waals surface area (Å²) in [5.41, 5.74) is 0. The summed E-state index contributed by atoms with van der Waals surface area (Å²) in [6, 6.07) is 0. The minimum absolute atomic E-state index is 0. The Balaban J connectivity index is -0.0000000286. The van der Waals surface area contributed by atoms with E-state index in [9.17, 15) is 0 Å². The molecule has 0 aliphatic heterocycles. The van der Waals surface area contributed by atoms with Crippen LogP contribution in [-0.2, 0) is 69.5 Å². The maximum absolute atomic E-state index is 8.88. The van der Waals surface area contributed by atoms with E-state index in [0.29, 0.717) is 0 Å². The predicted octanol–water partition coefficient (Wildman–Crippen LogP) is -1.49. The molecule has 0 spiro atoms. The molecule has 0 bridgehead atoms. The van der Waals surface area contributed by atoms with Gasteiger partial charge in [0.1, 0.15) is 0 Å². The van der Waals surface area contributed by atoms with E-state index in [0.717, 1.165) is 20.8 Å². The molecule has 0 saturated carbocycles. The van der Waals surface area contributed by atoms with Crippen LogP contribution in [0.4, 0.5) is 0 Å². The summed E-state index contributed by atoms with van der Waals surface area (Å²) in [7, 11) is -4.64. The van der Waals surface area contributed by atoms with Crippen LogP contribution in [0.3, 0.4) is 0 Å². The summed E-state index contributed by atoms with van der Waals surface area (Å²) in [6.45, 7) is 0. The molecular formula is H4AgO5PTi2. The Hall–Kier alpha value is 2.24. The van der Waals surface area contributed by atoms with Crippen molar-refractivity contribution in [3.05, 3.63) is 0 Å². The molecule has 5 nitrogen and oxygen atoms in total. The molecule has 0 aromatic carbocycles. The van der Waals surface area contributed by atoms with Gasteiger partial charge in [-0.25, -0.2) is 4.57 Å². The summed E-state index contributed by atoms with van der Waals surface area (Å²) in [4.78, 5) is 21.6. The second kappa shape index (κ2) is 12.9. The normalized spacial score (nSPS) is 7.00. The number of rotatable bonds is 0. The Morgan fingerprint density at radius 3 is 1.11 bits per heavy atom. The predicted molar refractivity (Wildman–Crippen MR) is 16.5 cm³/mol. The summed E-state index contributed by atoms with van der Waals surface area (Å²) in [6.07, 6.45) is 0. The fraction of sp³-hybridized carbons (Fsp3) is 0. The first kappa shape index (κ1) is 22.5. The van der Waals surface area contributed by atoms with Crippen LogP contribution in [0.15, 0.2) is 0 Å². The zero-order chi connectivity index (χ0) is 6.50. The summed E-state index contributed by atoms with van der Waals surface area (Å²) in [5.74, 6) is 0. The SMILES string of the molecule is O=P(O)(O)O.[Ag].[OH][Ti].[Ti]. The molecule has 0 atom stereocenters. The van der Waals surface area contributed by atoms with Gasteiger partial charge in [-0.05, 0) is 0 Å². The van der Waals surface area contributed by atoms with E-state index in [1.807, 2.05) is 0 Å². The quantitative estimate of drug-likeness (QED) is 0.322. The van der Waals surface area contributed by atoms with Crippen molar-refractivity contribution in [3.63, 3.8) is 0 Å². The van der Waals surface area contributed by atoms with Gasteiger partial charge >= 0.3 is 32.3 Å². The minimum Gasteiger partial charge on any atom is 0 e. The van der Waals surface area contributed by atoms with E-state index in [1.165, 1.54) is 0 Å². The van der Waals surface area contributed by atoms with Crippen LogP contribution in [0.5, 0.6) is 0 Å². The molecule has 0 aliphatic rings. The van der Waals surface area contributed by atoms with Crippen LogP contribution in [0, 0.1) is 0 Å². The van der Waals surface area contributed by atoms with E-state index < -0.39 is 7.82 Å². The van der Waals surface area contributed by atoms with Crippen molar-refractivity contribution in [2.45, 2.75) is 0 Å². The molecule has 58 valence electrons. The van der Waals surface area contributed by atoms with Crippen LogP contribution < -0.4 is 0 Å². The van der Waals surface area contributed by atoms with Gasteiger partial charge < -0.3 is 14.7 Å². The van der Waals surface area contributed by atoms with Crippen molar-refractivity contribution in [1.82, 2.24) is 0 Å². The third-order valence-electron chi connectivity index (χ3n) is 0. The molecule has 0 heterocycles.